The van der Waals surface area contributed by atoms with Crippen LogP contribution in [0, 0.1) is 0 Å². The van der Waals surface area contributed by atoms with Crippen LogP contribution in [0.1, 0.15) is 30.2 Å². The maximum Gasteiger partial charge on any atom is 0.244 e. The van der Waals surface area contributed by atoms with Gasteiger partial charge >= 0.3 is 0 Å². The third kappa shape index (κ3) is 3.26. The zero-order chi connectivity index (χ0) is 21.6. The molecule has 0 saturated carbocycles. The first-order valence-corrected chi connectivity index (χ1v) is 12.6. The number of sulfonamides is 1. The van der Waals surface area contributed by atoms with E-state index < -0.39 is 10.0 Å². The molecule has 2 aromatic heterocycles. The van der Waals surface area contributed by atoms with Crippen LogP contribution < -0.4 is 0 Å². The van der Waals surface area contributed by atoms with E-state index in [9.17, 15) is 8.42 Å². The van der Waals surface area contributed by atoms with Crippen molar-refractivity contribution in [3.05, 3.63) is 78.0 Å². The van der Waals surface area contributed by atoms with Crippen LogP contribution in [-0.4, -0.2) is 40.4 Å². The molecule has 2 heterocycles. The van der Waals surface area contributed by atoms with E-state index in [2.05, 4.69) is 58.7 Å². The zero-order valence-electron chi connectivity index (χ0n) is 17.3. The van der Waals surface area contributed by atoms with Crippen LogP contribution in [0.3, 0.4) is 0 Å². The topological polar surface area (TPSA) is 67.6 Å². The molecule has 4 aromatic rings. The number of aromatic nitrogens is 3. The average molecular weight is 451 g/mol. The van der Waals surface area contributed by atoms with Gasteiger partial charge in [-0.2, -0.15) is 4.31 Å². The van der Waals surface area contributed by atoms with E-state index in [1.54, 1.807) is 34.5 Å². The van der Waals surface area contributed by atoms with E-state index in [1.165, 1.54) is 26.6 Å². The van der Waals surface area contributed by atoms with Crippen molar-refractivity contribution in [3.63, 3.8) is 0 Å². The minimum atomic E-state index is -3.56. The molecule has 158 valence electrons. The molecule has 5 rings (SSSR count). The van der Waals surface area contributed by atoms with Gasteiger partial charge in [-0.15, -0.1) is 10.2 Å². The second-order valence-electron chi connectivity index (χ2n) is 7.34. The number of thioether (sulfide) groups is 1. The maximum atomic E-state index is 13.0. The number of rotatable bonds is 6. The van der Waals surface area contributed by atoms with Crippen molar-refractivity contribution in [2.45, 2.75) is 29.1 Å². The molecule has 0 atom stereocenters. The normalized spacial score (nSPS) is 13.6. The lowest BCUT2D eigenvalue weighted by Gasteiger charge is -2.18. The van der Waals surface area contributed by atoms with Crippen LogP contribution in [0.5, 0.6) is 0 Å². The van der Waals surface area contributed by atoms with Gasteiger partial charge in [-0.05, 0) is 34.4 Å². The summed E-state index contributed by atoms with van der Waals surface area (Å²) in [6.45, 7) is 4.54. The van der Waals surface area contributed by atoms with Crippen molar-refractivity contribution in [1.82, 2.24) is 18.9 Å². The molecule has 6 nitrogen and oxygen atoms in total. The van der Waals surface area contributed by atoms with Gasteiger partial charge in [-0.3, -0.25) is 4.40 Å². The summed E-state index contributed by atoms with van der Waals surface area (Å²) < 4.78 is 29.3. The molecule has 8 heteroatoms. The largest absolute Gasteiger partial charge is 0.276 e. The Bertz CT molecular complexity index is 1330. The number of pyridine rings is 1. The molecular formula is C23H22N4O2S2. The highest BCUT2D eigenvalue weighted by atomic mass is 32.2. The first kappa shape index (κ1) is 20.2. The molecular weight excluding hydrogens is 428 g/mol. The molecule has 31 heavy (non-hydrogen) atoms. The molecule has 0 aliphatic heterocycles. The van der Waals surface area contributed by atoms with Crippen molar-refractivity contribution in [3.8, 4) is 11.1 Å². The highest BCUT2D eigenvalue weighted by molar-refractivity contribution is 7.99. The third-order valence-electron chi connectivity index (χ3n) is 5.69. The molecule has 1 aliphatic rings. The number of benzene rings is 2. The van der Waals surface area contributed by atoms with Crippen molar-refractivity contribution in [1.29, 1.82) is 0 Å². The van der Waals surface area contributed by atoms with Gasteiger partial charge in [0.15, 0.2) is 10.8 Å². The average Bonchev–Trinajstić information content (AvgIpc) is 3.34. The Labute approximate surface area is 186 Å². The Hall–Kier alpha value is -2.68. The van der Waals surface area contributed by atoms with Crippen molar-refractivity contribution < 1.29 is 8.42 Å². The Morgan fingerprint density at radius 1 is 0.903 bits per heavy atom. The fourth-order valence-electron chi connectivity index (χ4n) is 4.14. The molecule has 0 unspecified atom stereocenters. The molecule has 1 aliphatic carbocycles. The van der Waals surface area contributed by atoms with Crippen LogP contribution in [0.2, 0.25) is 0 Å². The van der Waals surface area contributed by atoms with Crippen LogP contribution >= 0.6 is 11.8 Å². The van der Waals surface area contributed by atoms with E-state index in [-0.39, 0.29) is 10.1 Å². The van der Waals surface area contributed by atoms with Gasteiger partial charge in [-0.25, -0.2) is 8.42 Å². The lowest BCUT2D eigenvalue weighted by atomic mass is 10.1. The Kier molecular flexibility index (Phi) is 5.08. The van der Waals surface area contributed by atoms with Gasteiger partial charge in [-0.1, -0.05) is 74.1 Å². The summed E-state index contributed by atoms with van der Waals surface area (Å²) in [5.74, 6) is 0. The highest BCUT2D eigenvalue weighted by Crippen LogP contribution is 2.51. The second kappa shape index (κ2) is 7.78. The third-order valence-corrected chi connectivity index (χ3v) is 8.95. The first-order chi connectivity index (χ1) is 15.0. The quantitative estimate of drug-likeness (QED) is 0.429. The monoisotopic (exact) mass is 450 g/mol. The SMILES string of the molecule is CCN(CC)S(=O)(=O)c1ccc2nnc(SC3c4ccccc4-c4ccccc43)n2c1. The predicted molar refractivity (Wildman–Crippen MR) is 123 cm³/mol. The smallest absolute Gasteiger partial charge is 0.244 e. The summed E-state index contributed by atoms with van der Waals surface area (Å²) in [7, 11) is -3.56. The lowest BCUT2D eigenvalue weighted by molar-refractivity contribution is 0.445. The summed E-state index contributed by atoms with van der Waals surface area (Å²) in [6.07, 6.45) is 1.64. The van der Waals surface area contributed by atoms with Crippen LogP contribution in [0.25, 0.3) is 16.8 Å². The molecule has 0 amide bonds. The molecule has 0 bridgehead atoms. The number of nitrogens with zero attached hydrogens (tertiary/aromatic N) is 4. The Morgan fingerprint density at radius 2 is 1.52 bits per heavy atom. The van der Waals surface area contributed by atoms with E-state index in [0.717, 1.165) is 0 Å². The van der Waals surface area contributed by atoms with Gasteiger partial charge in [0.25, 0.3) is 0 Å². The van der Waals surface area contributed by atoms with Crippen LogP contribution in [0.15, 0.2) is 76.9 Å². The summed E-state index contributed by atoms with van der Waals surface area (Å²) >= 11 is 1.59. The van der Waals surface area contributed by atoms with Crippen LogP contribution in [-0.2, 0) is 10.0 Å². The zero-order valence-corrected chi connectivity index (χ0v) is 18.9. The molecule has 0 saturated heterocycles. The van der Waals surface area contributed by atoms with Gasteiger partial charge < -0.3 is 0 Å². The fraction of sp³-hybridized carbons (Fsp3) is 0.217. The minimum Gasteiger partial charge on any atom is -0.276 e. The van der Waals surface area contributed by atoms with E-state index >= 15 is 0 Å². The second-order valence-corrected chi connectivity index (χ2v) is 10.3. The lowest BCUT2D eigenvalue weighted by Crippen LogP contribution is -2.30. The maximum absolute atomic E-state index is 13.0. The number of fused-ring (bicyclic) bond motifs is 4. The summed E-state index contributed by atoms with van der Waals surface area (Å²) in [5.41, 5.74) is 5.55. The first-order valence-electron chi connectivity index (χ1n) is 10.2. The van der Waals surface area contributed by atoms with Gasteiger partial charge in [0.1, 0.15) is 0 Å². The van der Waals surface area contributed by atoms with E-state index in [0.29, 0.717) is 23.9 Å². The van der Waals surface area contributed by atoms with Crippen LogP contribution in [0.4, 0.5) is 0 Å². The highest BCUT2D eigenvalue weighted by Gasteiger charge is 2.30. The van der Waals surface area contributed by atoms with Crippen molar-refractivity contribution >= 4 is 27.4 Å². The molecule has 0 fully saturated rings. The standard InChI is InChI=1S/C23H22N4O2S2/c1-3-26(4-2)31(28,29)16-13-14-21-24-25-23(27(21)15-16)30-22-19-11-7-5-9-17(19)18-10-6-8-12-20(18)22/h5-15,22H,3-4H2,1-2H3. The minimum absolute atomic E-state index is 0.0721. The fourth-order valence-corrected chi connectivity index (χ4v) is 6.82. The molecule has 0 spiro atoms. The Morgan fingerprint density at radius 3 is 2.13 bits per heavy atom. The molecule has 2 aromatic carbocycles. The summed E-state index contributed by atoms with van der Waals surface area (Å²) in [6, 6.07) is 20.1. The number of hydrogen-bond donors (Lipinski definition) is 0. The van der Waals surface area contributed by atoms with Gasteiger partial charge in [0.2, 0.25) is 10.0 Å². The summed E-state index contributed by atoms with van der Waals surface area (Å²) in [4.78, 5) is 0.248. The van der Waals surface area contributed by atoms with Crippen molar-refractivity contribution in [2.75, 3.05) is 13.1 Å². The summed E-state index contributed by atoms with van der Waals surface area (Å²) in [5, 5.41) is 9.39. The van der Waals surface area contributed by atoms with Gasteiger partial charge in [0.05, 0.1) is 10.1 Å². The Balaban J connectivity index is 1.58. The van der Waals surface area contributed by atoms with E-state index in [4.69, 9.17) is 0 Å². The molecule has 0 N–H and O–H groups in total. The number of hydrogen-bond acceptors (Lipinski definition) is 5. The van der Waals surface area contributed by atoms with Crippen molar-refractivity contribution in [2.24, 2.45) is 0 Å². The predicted octanol–water partition coefficient (Wildman–Crippen LogP) is 4.62. The molecule has 0 radical (unpaired) electrons. The van der Waals surface area contributed by atoms with Gasteiger partial charge in [0, 0.05) is 19.3 Å². The van der Waals surface area contributed by atoms with E-state index in [1.807, 2.05) is 13.8 Å².